The Labute approximate surface area is 138 Å². The van der Waals surface area contributed by atoms with Gasteiger partial charge in [0.05, 0.1) is 18.2 Å². The second kappa shape index (κ2) is 7.64. The second-order valence-corrected chi connectivity index (χ2v) is 6.70. The topological polar surface area (TPSA) is 91.7 Å². The van der Waals surface area contributed by atoms with Gasteiger partial charge in [-0.15, -0.1) is 0 Å². The van der Waals surface area contributed by atoms with Crippen LogP contribution in [0.2, 0.25) is 0 Å². The first kappa shape index (κ1) is 17.5. The highest BCUT2D eigenvalue weighted by Crippen LogP contribution is 2.20. The minimum Gasteiger partial charge on any atom is -0.271 e. The zero-order chi connectivity index (χ0) is 17.6. The lowest BCUT2D eigenvalue weighted by atomic mass is 10.3. The van der Waals surface area contributed by atoms with Gasteiger partial charge in [-0.2, -0.15) is 5.10 Å². The minimum absolute atomic E-state index is 0.201. The number of hydrogen-bond acceptors (Lipinski definition) is 5. The van der Waals surface area contributed by atoms with E-state index in [9.17, 15) is 17.6 Å². The summed E-state index contributed by atoms with van der Waals surface area (Å²) in [6, 6.07) is 8.67. The third-order valence-electron chi connectivity index (χ3n) is 2.92. The number of anilines is 1. The van der Waals surface area contributed by atoms with E-state index >= 15 is 0 Å². The van der Waals surface area contributed by atoms with E-state index in [1.165, 1.54) is 24.4 Å². The maximum atomic E-state index is 13.8. The van der Waals surface area contributed by atoms with E-state index in [-0.39, 0.29) is 5.69 Å². The van der Waals surface area contributed by atoms with E-state index in [2.05, 4.69) is 15.5 Å². The molecule has 1 aromatic heterocycles. The molecule has 1 aromatic carbocycles. The van der Waals surface area contributed by atoms with Gasteiger partial charge in [0.1, 0.15) is 12.4 Å². The quantitative estimate of drug-likeness (QED) is 0.625. The Morgan fingerprint density at radius 3 is 2.58 bits per heavy atom. The summed E-state index contributed by atoms with van der Waals surface area (Å²) >= 11 is 0. The highest BCUT2D eigenvalue weighted by atomic mass is 32.2. The molecule has 9 heteroatoms. The van der Waals surface area contributed by atoms with E-state index < -0.39 is 28.3 Å². The highest BCUT2D eigenvalue weighted by molar-refractivity contribution is 7.92. The molecular weight excluding hydrogens is 335 g/mol. The van der Waals surface area contributed by atoms with Crippen molar-refractivity contribution >= 4 is 27.8 Å². The average Bonchev–Trinajstić information content (AvgIpc) is 2.53. The van der Waals surface area contributed by atoms with Crippen LogP contribution in [0.1, 0.15) is 5.56 Å². The molecule has 24 heavy (non-hydrogen) atoms. The number of amides is 1. The number of para-hydroxylation sites is 1. The van der Waals surface area contributed by atoms with Crippen molar-refractivity contribution in [1.29, 1.82) is 0 Å². The van der Waals surface area contributed by atoms with Crippen molar-refractivity contribution in [1.82, 2.24) is 10.4 Å². The third-order valence-corrected chi connectivity index (χ3v) is 4.04. The van der Waals surface area contributed by atoms with Crippen LogP contribution in [0.3, 0.4) is 0 Å². The Morgan fingerprint density at radius 1 is 1.29 bits per heavy atom. The molecule has 126 valence electrons. The minimum atomic E-state index is -3.84. The largest absolute Gasteiger partial charge is 0.271 e. The van der Waals surface area contributed by atoms with E-state index in [4.69, 9.17) is 0 Å². The van der Waals surface area contributed by atoms with Crippen molar-refractivity contribution < 1.29 is 17.6 Å². The van der Waals surface area contributed by atoms with Gasteiger partial charge in [-0.1, -0.05) is 12.1 Å². The first-order valence-corrected chi connectivity index (χ1v) is 8.67. The molecule has 0 atom stereocenters. The van der Waals surface area contributed by atoms with Crippen molar-refractivity contribution in [2.45, 2.75) is 0 Å². The normalized spacial score (nSPS) is 11.4. The molecular formula is C15H15FN4O3S. The maximum Gasteiger partial charge on any atom is 0.260 e. The van der Waals surface area contributed by atoms with Crippen molar-refractivity contribution in [2.24, 2.45) is 5.10 Å². The number of hydrazone groups is 1. The third kappa shape index (κ3) is 4.85. The van der Waals surface area contributed by atoms with Crippen LogP contribution >= 0.6 is 0 Å². The molecule has 0 saturated heterocycles. The lowest BCUT2D eigenvalue weighted by Gasteiger charge is -2.21. The fourth-order valence-corrected chi connectivity index (χ4v) is 2.69. The number of rotatable bonds is 6. The lowest BCUT2D eigenvalue weighted by molar-refractivity contribution is -0.119. The molecule has 2 aromatic rings. The first-order valence-electron chi connectivity index (χ1n) is 6.82. The fourth-order valence-electron chi connectivity index (χ4n) is 1.83. The number of pyridine rings is 1. The molecule has 0 spiro atoms. The van der Waals surface area contributed by atoms with Gasteiger partial charge in [-0.25, -0.2) is 18.2 Å². The van der Waals surface area contributed by atoms with Crippen LogP contribution in [0, 0.1) is 5.82 Å². The van der Waals surface area contributed by atoms with E-state index in [1.807, 2.05) is 0 Å². The van der Waals surface area contributed by atoms with Crippen molar-refractivity contribution in [2.75, 3.05) is 17.1 Å². The van der Waals surface area contributed by atoms with Crippen LogP contribution in [-0.4, -0.2) is 38.3 Å². The summed E-state index contributed by atoms with van der Waals surface area (Å²) in [5.41, 5.74) is 2.71. The number of hydrogen-bond donors (Lipinski definition) is 1. The van der Waals surface area contributed by atoms with Crippen LogP contribution in [0.5, 0.6) is 0 Å². The standard InChI is InChI=1S/C15H15FN4O3S/c1-24(22,23)20(14-5-3-2-4-13(14)16)11-15(21)19-18-10-12-6-8-17-9-7-12/h2-10H,11H2,1H3,(H,19,21)/b18-10-. The van der Waals surface area contributed by atoms with Crippen molar-refractivity contribution in [3.05, 3.63) is 60.2 Å². The van der Waals surface area contributed by atoms with Crippen molar-refractivity contribution in [3.63, 3.8) is 0 Å². The summed E-state index contributed by atoms with van der Waals surface area (Å²) in [6.07, 6.45) is 5.40. The second-order valence-electron chi connectivity index (χ2n) is 4.79. The summed E-state index contributed by atoms with van der Waals surface area (Å²) in [6.45, 7) is -0.590. The van der Waals surface area contributed by atoms with Gasteiger partial charge in [-0.3, -0.25) is 14.1 Å². The molecule has 0 aliphatic heterocycles. The number of nitrogens with one attached hydrogen (secondary N) is 1. The number of sulfonamides is 1. The summed E-state index contributed by atoms with van der Waals surface area (Å²) in [5, 5.41) is 3.73. The summed E-state index contributed by atoms with van der Waals surface area (Å²) in [7, 11) is -3.84. The van der Waals surface area contributed by atoms with Gasteiger partial charge in [0.15, 0.2) is 0 Å². The predicted molar refractivity (Wildman–Crippen MR) is 88.6 cm³/mol. The van der Waals surface area contributed by atoms with Gasteiger partial charge in [0.2, 0.25) is 10.0 Å². The number of carbonyl (C=O) groups excluding carboxylic acids is 1. The Hall–Kier alpha value is -2.81. The number of carbonyl (C=O) groups is 1. The maximum absolute atomic E-state index is 13.8. The SMILES string of the molecule is CS(=O)(=O)N(CC(=O)N/N=C\c1ccncc1)c1ccccc1F. The Balaban J connectivity index is 2.09. The monoisotopic (exact) mass is 350 g/mol. The lowest BCUT2D eigenvalue weighted by Crippen LogP contribution is -2.39. The predicted octanol–water partition coefficient (Wildman–Crippen LogP) is 1.14. The van der Waals surface area contributed by atoms with Crippen molar-refractivity contribution in [3.8, 4) is 0 Å². The molecule has 0 bridgehead atoms. The van der Waals surface area contributed by atoms with Gasteiger partial charge < -0.3 is 0 Å². The Kier molecular flexibility index (Phi) is 5.59. The van der Waals surface area contributed by atoms with Gasteiger partial charge >= 0.3 is 0 Å². The van der Waals surface area contributed by atoms with E-state index in [0.29, 0.717) is 9.87 Å². The average molecular weight is 350 g/mol. The van der Waals surface area contributed by atoms with Crippen LogP contribution in [0.4, 0.5) is 10.1 Å². The molecule has 1 amide bonds. The summed E-state index contributed by atoms with van der Waals surface area (Å²) < 4.78 is 38.2. The number of benzene rings is 1. The zero-order valence-corrected chi connectivity index (χ0v) is 13.6. The van der Waals surface area contributed by atoms with Gasteiger partial charge in [0, 0.05) is 12.4 Å². The Bertz CT molecular complexity index is 841. The van der Waals surface area contributed by atoms with E-state index in [0.717, 1.165) is 12.3 Å². The van der Waals surface area contributed by atoms with Crippen LogP contribution in [0.25, 0.3) is 0 Å². The molecule has 0 aliphatic carbocycles. The smallest absolute Gasteiger partial charge is 0.260 e. The number of nitrogens with zero attached hydrogens (tertiary/aromatic N) is 3. The van der Waals surface area contributed by atoms with Crippen LogP contribution in [-0.2, 0) is 14.8 Å². The van der Waals surface area contributed by atoms with Crippen LogP contribution < -0.4 is 9.73 Å². The molecule has 7 nitrogen and oxygen atoms in total. The Morgan fingerprint density at radius 2 is 1.96 bits per heavy atom. The molecule has 0 fully saturated rings. The summed E-state index contributed by atoms with van der Waals surface area (Å²) in [4.78, 5) is 15.7. The van der Waals surface area contributed by atoms with Gasteiger partial charge in [-0.05, 0) is 29.8 Å². The molecule has 1 N–H and O–H groups in total. The summed E-state index contributed by atoms with van der Waals surface area (Å²) in [5.74, 6) is -1.44. The van der Waals surface area contributed by atoms with Crippen LogP contribution in [0.15, 0.2) is 53.9 Å². The highest BCUT2D eigenvalue weighted by Gasteiger charge is 2.23. The molecule has 0 unspecified atom stereocenters. The molecule has 1 heterocycles. The van der Waals surface area contributed by atoms with Gasteiger partial charge in [0.25, 0.3) is 5.91 Å². The number of aromatic nitrogens is 1. The molecule has 0 saturated carbocycles. The fraction of sp³-hybridized carbons (Fsp3) is 0.133. The van der Waals surface area contributed by atoms with E-state index in [1.54, 1.807) is 24.5 Å². The number of halogens is 1. The molecule has 0 aliphatic rings. The first-order chi connectivity index (χ1) is 11.4. The molecule has 2 rings (SSSR count). The zero-order valence-electron chi connectivity index (χ0n) is 12.8. The molecule has 0 radical (unpaired) electrons.